The molecule has 4 nitrogen and oxygen atoms in total. The summed E-state index contributed by atoms with van der Waals surface area (Å²) >= 11 is 0. The average molecular weight is 245 g/mol. The lowest BCUT2D eigenvalue weighted by Gasteiger charge is -2.08. The van der Waals surface area contributed by atoms with Gasteiger partial charge in [0.25, 0.3) is 11.8 Å². The van der Waals surface area contributed by atoms with Crippen molar-refractivity contribution in [2.24, 2.45) is 0 Å². The van der Waals surface area contributed by atoms with E-state index < -0.39 is 0 Å². The fourth-order valence-corrected chi connectivity index (χ4v) is 1.84. The van der Waals surface area contributed by atoms with Crippen LogP contribution >= 0.6 is 0 Å². The lowest BCUT2D eigenvalue weighted by atomic mass is 10.1. The van der Waals surface area contributed by atoms with Crippen LogP contribution in [-0.4, -0.2) is 18.4 Å². The third-order valence-electron chi connectivity index (χ3n) is 2.85. The molecule has 94 valence electrons. The van der Waals surface area contributed by atoms with Crippen LogP contribution in [-0.2, 0) is 20.9 Å². The molecule has 1 aliphatic rings. The molecule has 1 heterocycles. The van der Waals surface area contributed by atoms with E-state index in [-0.39, 0.29) is 18.4 Å². The summed E-state index contributed by atoms with van der Waals surface area (Å²) in [7, 11) is 0. The fourth-order valence-electron chi connectivity index (χ4n) is 1.84. The first kappa shape index (κ1) is 12.5. The van der Waals surface area contributed by atoms with Crippen LogP contribution in [0.5, 0.6) is 0 Å². The Hall–Kier alpha value is -1.94. The molecular formula is C14H15NO3. The molecule has 0 spiro atoms. The zero-order valence-electron chi connectivity index (χ0n) is 10.4. The first-order valence-electron chi connectivity index (χ1n) is 5.76. The number of amides is 2. The minimum atomic E-state index is -0.370. The molecule has 1 aromatic carbocycles. The lowest BCUT2D eigenvalue weighted by Crippen LogP contribution is -2.23. The van der Waals surface area contributed by atoms with Gasteiger partial charge in [-0.1, -0.05) is 23.8 Å². The van der Waals surface area contributed by atoms with Gasteiger partial charge in [-0.25, -0.2) is 0 Å². The average Bonchev–Trinajstić information content (AvgIpc) is 2.61. The van der Waals surface area contributed by atoms with Crippen LogP contribution in [0.2, 0.25) is 0 Å². The maximum absolute atomic E-state index is 11.3. The predicted octanol–water partition coefficient (Wildman–Crippen LogP) is 1.40. The SMILES string of the molecule is Cc1ccc(COCC2=CC(=O)NC2=O)c(C)c1. The van der Waals surface area contributed by atoms with Gasteiger partial charge in [0.05, 0.1) is 13.2 Å². The highest BCUT2D eigenvalue weighted by atomic mass is 16.5. The van der Waals surface area contributed by atoms with Gasteiger partial charge in [0.1, 0.15) is 0 Å². The van der Waals surface area contributed by atoms with Crippen molar-refractivity contribution in [2.75, 3.05) is 6.61 Å². The number of nitrogens with one attached hydrogen (secondary N) is 1. The van der Waals surface area contributed by atoms with E-state index in [2.05, 4.69) is 11.4 Å². The Bertz CT molecular complexity index is 532. The quantitative estimate of drug-likeness (QED) is 0.816. The third-order valence-corrected chi connectivity index (χ3v) is 2.85. The number of aryl methyl sites for hydroxylation is 2. The smallest absolute Gasteiger partial charge is 0.256 e. The number of hydrogen-bond acceptors (Lipinski definition) is 3. The van der Waals surface area contributed by atoms with Crippen molar-refractivity contribution < 1.29 is 14.3 Å². The highest BCUT2D eigenvalue weighted by Crippen LogP contribution is 2.12. The van der Waals surface area contributed by atoms with Crippen LogP contribution in [0.15, 0.2) is 29.8 Å². The maximum atomic E-state index is 11.3. The molecule has 18 heavy (non-hydrogen) atoms. The van der Waals surface area contributed by atoms with Crippen LogP contribution in [0, 0.1) is 13.8 Å². The first-order valence-corrected chi connectivity index (χ1v) is 5.76. The van der Waals surface area contributed by atoms with E-state index >= 15 is 0 Å². The van der Waals surface area contributed by atoms with Crippen molar-refractivity contribution >= 4 is 11.8 Å². The van der Waals surface area contributed by atoms with E-state index in [1.165, 1.54) is 11.6 Å². The van der Waals surface area contributed by atoms with Crippen LogP contribution < -0.4 is 5.32 Å². The summed E-state index contributed by atoms with van der Waals surface area (Å²) in [4.78, 5) is 22.2. The monoisotopic (exact) mass is 245 g/mol. The van der Waals surface area contributed by atoms with E-state index in [4.69, 9.17) is 4.74 Å². The van der Waals surface area contributed by atoms with Crippen LogP contribution in [0.4, 0.5) is 0 Å². The van der Waals surface area contributed by atoms with Crippen molar-refractivity contribution in [3.8, 4) is 0 Å². The van der Waals surface area contributed by atoms with Gasteiger partial charge in [0.15, 0.2) is 0 Å². The predicted molar refractivity (Wildman–Crippen MR) is 66.8 cm³/mol. The number of hydrogen-bond donors (Lipinski definition) is 1. The summed E-state index contributed by atoms with van der Waals surface area (Å²) in [5.74, 6) is -0.731. The van der Waals surface area contributed by atoms with E-state index in [0.717, 1.165) is 11.1 Å². The van der Waals surface area contributed by atoms with Gasteiger partial charge in [0.2, 0.25) is 0 Å². The fraction of sp³-hybridized carbons (Fsp3) is 0.286. The number of ether oxygens (including phenoxy) is 1. The Kier molecular flexibility index (Phi) is 3.58. The Morgan fingerprint density at radius 2 is 1.94 bits per heavy atom. The van der Waals surface area contributed by atoms with Gasteiger partial charge in [-0.05, 0) is 25.0 Å². The molecule has 0 unspecified atom stereocenters. The van der Waals surface area contributed by atoms with Crippen molar-refractivity contribution in [1.29, 1.82) is 0 Å². The topological polar surface area (TPSA) is 55.4 Å². The molecule has 0 saturated heterocycles. The van der Waals surface area contributed by atoms with Crippen LogP contribution in [0.1, 0.15) is 16.7 Å². The molecule has 0 fully saturated rings. The molecule has 4 heteroatoms. The Labute approximate surface area is 106 Å². The standard InChI is InChI=1S/C14H15NO3/c1-9-3-4-11(10(2)5-9)7-18-8-12-6-13(16)15-14(12)17/h3-6H,7-8H2,1-2H3,(H,15,16,17). The number of benzene rings is 1. The Morgan fingerprint density at radius 1 is 1.17 bits per heavy atom. The largest absolute Gasteiger partial charge is 0.372 e. The molecule has 2 amide bonds. The summed E-state index contributed by atoms with van der Waals surface area (Å²) < 4.78 is 5.46. The molecular weight excluding hydrogens is 230 g/mol. The van der Waals surface area contributed by atoms with E-state index in [1.54, 1.807) is 0 Å². The van der Waals surface area contributed by atoms with Crippen molar-refractivity contribution in [3.63, 3.8) is 0 Å². The second-order valence-corrected chi connectivity index (χ2v) is 4.41. The van der Waals surface area contributed by atoms with Crippen molar-refractivity contribution in [2.45, 2.75) is 20.5 Å². The molecule has 0 aromatic heterocycles. The molecule has 1 N–H and O–H groups in total. The van der Waals surface area contributed by atoms with Gasteiger partial charge < -0.3 is 4.74 Å². The van der Waals surface area contributed by atoms with Gasteiger partial charge in [0, 0.05) is 11.6 Å². The van der Waals surface area contributed by atoms with Gasteiger partial charge >= 0.3 is 0 Å². The minimum Gasteiger partial charge on any atom is -0.372 e. The molecule has 1 aliphatic heterocycles. The number of imide groups is 1. The second-order valence-electron chi connectivity index (χ2n) is 4.41. The van der Waals surface area contributed by atoms with E-state index in [9.17, 15) is 9.59 Å². The van der Waals surface area contributed by atoms with Crippen molar-refractivity contribution in [1.82, 2.24) is 5.32 Å². The summed E-state index contributed by atoms with van der Waals surface area (Å²) in [5, 5.41) is 2.18. The van der Waals surface area contributed by atoms with E-state index in [0.29, 0.717) is 12.2 Å². The van der Waals surface area contributed by atoms with E-state index in [1.807, 2.05) is 26.0 Å². The zero-order chi connectivity index (χ0) is 13.1. The molecule has 0 bridgehead atoms. The number of rotatable bonds is 4. The molecule has 0 aliphatic carbocycles. The number of carbonyl (C=O) groups is 2. The van der Waals surface area contributed by atoms with Gasteiger partial charge in [-0.3, -0.25) is 14.9 Å². The highest BCUT2D eigenvalue weighted by Gasteiger charge is 2.20. The molecule has 1 aromatic rings. The Morgan fingerprint density at radius 3 is 2.56 bits per heavy atom. The third kappa shape index (κ3) is 2.84. The molecule has 0 atom stereocenters. The van der Waals surface area contributed by atoms with Crippen LogP contribution in [0.25, 0.3) is 0 Å². The van der Waals surface area contributed by atoms with Gasteiger partial charge in [-0.15, -0.1) is 0 Å². The highest BCUT2D eigenvalue weighted by molar-refractivity contribution is 6.16. The molecule has 0 saturated carbocycles. The summed E-state index contributed by atoms with van der Waals surface area (Å²) in [6.07, 6.45) is 1.28. The minimum absolute atomic E-state index is 0.158. The Balaban J connectivity index is 1.91. The molecule has 2 rings (SSSR count). The van der Waals surface area contributed by atoms with Crippen LogP contribution in [0.3, 0.4) is 0 Å². The number of carbonyl (C=O) groups excluding carboxylic acids is 2. The maximum Gasteiger partial charge on any atom is 0.256 e. The van der Waals surface area contributed by atoms with Gasteiger partial charge in [-0.2, -0.15) is 0 Å². The zero-order valence-corrected chi connectivity index (χ0v) is 10.4. The molecule has 0 radical (unpaired) electrons. The lowest BCUT2D eigenvalue weighted by molar-refractivity contribution is -0.124. The summed E-state index contributed by atoms with van der Waals surface area (Å²) in [5.41, 5.74) is 3.84. The van der Waals surface area contributed by atoms with Crippen molar-refractivity contribution in [3.05, 3.63) is 46.5 Å². The summed E-state index contributed by atoms with van der Waals surface area (Å²) in [6, 6.07) is 6.12. The second kappa shape index (κ2) is 5.14. The summed E-state index contributed by atoms with van der Waals surface area (Å²) in [6.45, 7) is 4.66. The normalized spacial score (nSPS) is 14.7. The first-order chi connectivity index (χ1) is 8.56.